The highest BCUT2D eigenvalue weighted by Crippen LogP contribution is 2.40. The number of carboxylic acid groups (broad SMARTS) is 1. The number of benzene rings is 1. The molecule has 0 spiro atoms. The van der Waals surface area contributed by atoms with Crippen LogP contribution in [0.4, 0.5) is 0 Å². The maximum absolute atomic E-state index is 11.6. The monoisotopic (exact) mass is 272 g/mol. The molecule has 6 heteroatoms. The van der Waals surface area contributed by atoms with E-state index in [1.807, 2.05) is 32.0 Å². The molecule has 0 aliphatic heterocycles. The topological polar surface area (TPSA) is 80.9 Å². The fourth-order valence-electron chi connectivity index (χ4n) is 2.56. The highest BCUT2D eigenvalue weighted by Gasteiger charge is 2.49. The largest absolute Gasteiger partial charge is 0.479 e. The lowest BCUT2D eigenvalue weighted by Gasteiger charge is -2.37. The van der Waals surface area contributed by atoms with Gasteiger partial charge in [-0.2, -0.15) is 0 Å². The number of rotatable bonds is 3. The number of tetrazole rings is 1. The van der Waals surface area contributed by atoms with Crippen LogP contribution in [0.1, 0.15) is 30.4 Å². The minimum absolute atomic E-state index is 0.523. The minimum atomic E-state index is -0.975. The second-order valence-electron chi connectivity index (χ2n) is 5.40. The quantitative estimate of drug-likeness (QED) is 0.923. The molecule has 1 N–H and O–H groups in total. The van der Waals surface area contributed by atoms with Crippen LogP contribution in [0.15, 0.2) is 18.2 Å². The van der Waals surface area contributed by atoms with Gasteiger partial charge in [-0.15, -0.1) is 5.10 Å². The molecule has 0 saturated heterocycles. The summed E-state index contributed by atoms with van der Waals surface area (Å²) in [5.74, 6) is -0.337. The van der Waals surface area contributed by atoms with Gasteiger partial charge in [0.25, 0.3) is 0 Å². The number of carbonyl (C=O) groups is 1. The van der Waals surface area contributed by atoms with Crippen molar-refractivity contribution in [1.82, 2.24) is 20.2 Å². The van der Waals surface area contributed by atoms with E-state index in [0.29, 0.717) is 18.7 Å². The lowest BCUT2D eigenvalue weighted by atomic mass is 9.76. The lowest BCUT2D eigenvalue weighted by Crippen LogP contribution is -2.48. The first-order valence-corrected chi connectivity index (χ1v) is 6.64. The summed E-state index contributed by atoms with van der Waals surface area (Å²) in [4.78, 5) is 11.6. The summed E-state index contributed by atoms with van der Waals surface area (Å²) in [5.41, 5.74) is 2.20. The first-order valence-electron chi connectivity index (χ1n) is 6.64. The van der Waals surface area contributed by atoms with Crippen molar-refractivity contribution >= 4 is 5.97 Å². The van der Waals surface area contributed by atoms with Crippen molar-refractivity contribution in [2.45, 2.75) is 38.6 Å². The van der Waals surface area contributed by atoms with Crippen LogP contribution in [0.25, 0.3) is 11.4 Å². The molecule has 1 saturated carbocycles. The minimum Gasteiger partial charge on any atom is -0.479 e. The van der Waals surface area contributed by atoms with Gasteiger partial charge in [-0.25, -0.2) is 9.48 Å². The van der Waals surface area contributed by atoms with Crippen molar-refractivity contribution in [3.05, 3.63) is 29.3 Å². The fourth-order valence-corrected chi connectivity index (χ4v) is 2.56. The molecule has 1 aromatic carbocycles. The molecule has 2 aromatic rings. The number of hydrogen-bond donors (Lipinski definition) is 1. The maximum Gasteiger partial charge on any atom is 0.331 e. The van der Waals surface area contributed by atoms with Crippen LogP contribution in [-0.2, 0) is 10.3 Å². The summed E-state index contributed by atoms with van der Waals surface area (Å²) in [6, 6.07) is 5.92. The second kappa shape index (κ2) is 4.40. The molecule has 0 amide bonds. The Morgan fingerprint density at radius 2 is 2.05 bits per heavy atom. The van der Waals surface area contributed by atoms with Gasteiger partial charge in [-0.1, -0.05) is 12.1 Å². The van der Waals surface area contributed by atoms with Crippen LogP contribution >= 0.6 is 0 Å². The molecule has 0 atom stereocenters. The van der Waals surface area contributed by atoms with Gasteiger partial charge in [-0.3, -0.25) is 0 Å². The van der Waals surface area contributed by atoms with E-state index in [-0.39, 0.29) is 0 Å². The van der Waals surface area contributed by atoms with Crippen molar-refractivity contribution in [2.75, 3.05) is 0 Å². The maximum atomic E-state index is 11.6. The molecule has 1 aliphatic rings. The Hall–Kier alpha value is -2.24. The Morgan fingerprint density at radius 1 is 1.30 bits per heavy atom. The van der Waals surface area contributed by atoms with E-state index >= 15 is 0 Å². The van der Waals surface area contributed by atoms with Gasteiger partial charge in [-0.05, 0) is 60.7 Å². The summed E-state index contributed by atoms with van der Waals surface area (Å²) in [6.07, 6.45) is 2.04. The molecule has 1 aromatic heterocycles. The van der Waals surface area contributed by atoms with Crippen molar-refractivity contribution in [2.24, 2.45) is 0 Å². The summed E-state index contributed by atoms with van der Waals surface area (Å²) in [5, 5.41) is 21.2. The van der Waals surface area contributed by atoms with Crippen LogP contribution < -0.4 is 0 Å². The molecule has 1 heterocycles. The van der Waals surface area contributed by atoms with Gasteiger partial charge in [0.15, 0.2) is 11.4 Å². The molecule has 1 aliphatic carbocycles. The van der Waals surface area contributed by atoms with E-state index in [1.54, 1.807) is 0 Å². The predicted octanol–water partition coefficient (Wildman–Crippen LogP) is 1.92. The summed E-state index contributed by atoms with van der Waals surface area (Å²) in [6.45, 7) is 4.05. The van der Waals surface area contributed by atoms with E-state index < -0.39 is 11.5 Å². The Bertz CT molecular complexity index is 674. The van der Waals surface area contributed by atoms with E-state index in [9.17, 15) is 9.90 Å². The van der Waals surface area contributed by atoms with Crippen molar-refractivity contribution in [1.29, 1.82) is 0 Å². The number of carboxylic acids is 1. The van der Waals surface area contributed by atoms with Crippen molar-refractivity contribution in [3.63, 3.8) is 0 Å². The zero-order valence-electron chi connectivity index (χ0n) is 11.5. The number of aromatic nitrogens is 4. The molecule has 0 unspecified atom stereocenters. The van der Waals surface area contributed by atoms with Crippen LogP contribution in [0, 0.1) is 13.8 Å². The zero-order chi connectivity index (χ0) is 14.3. The van der Waals surface area contributed by atoms with Gasteiger partial charge in [0, 0.05) is 5.56 Å². The lowest BCUT2D eigenvalue weighted by molar-refractivity contribution is -0.153. The SMILES string of the molecule is Cc1ccc(-c2nnnn2C2(C(=O)O)CCC2)cc1C. The molecule has 6 nitrogen and oxygen atoms in total. The van der Waals surface area contributed by atoms with Gasteiger partial charge in [0.1, 0.15) is 0 Å². The number of aryl methyl sites for hydroxylation is 2. The van der Waals surface area contributed by atoms with Crippen LogP contribution in [-0.4, -0.2) is 31.3 Å². The van der Waals surface area contributed by atoms with Crippen LogP contribution in [0.2, 0.25) is 0 Å². The first kappa shape index (κ1) is 12.8. The predicted molar refractivity (Wildman–Crippen MR) is 72.2 cm³/mol. The Morgan fingerprint density at radius 3 is 2.60 bits per heavy atom. The van der Waals surface area contributed by atoms with Gasteiger partial charge in [0.05, 0.1) is 0 Å². The summed E-state index contributed by atoms with van der Waals surface area (Å²) >= 11 is 0. The normalized spacial score (nSPS) is 16.7. The average molecular weight is 272 g/mol. The fraction of sp³-hybridized carbons (Fsp3) is 0.429. The third-order valence-corrected chi connectivity index (χ3v) is 4.22. The van der Waals surface area contributed by atoms with E-state index in [4.69, 9.17) is 0 Å². The van der Waals surface area contributed by atoms with Gasteiger partial charge >= 0.3 is 5.97 Å². The smallest absolute Gasteiger partial charge is 0.331 e. The second-order valence-corrected chi connectivity index (χ2v) is 5.40. The molecular weight excluding hydrogens is 256 g/mol. The summed E-state index contributed by atoms with van der Waals surface area (Å²) < 4.78 is 1.48. The average Bonchev–Trinajstić information content (AvgIpc) is 2.80. The molecule has 20 heavy (non-hydrogen) atoms. The standard InChI is InChI=1S/C14H16N4O2/c1-9-4-5-11(8-10(9)2)12-15-16-17-18(12)14(13(19)20)6-3-7-14/h4-5,8H,3,6-7H2,1-2H3,(H,19,20). The molecule has 1 fully saturated rings. The Balaban J connectivity index is 2.10. The molecule has 104 valence electrons. The first-order chi connectivity index (χ1) is 9.54. The van der Waals surface area contributed by atoms with E-state index in [2.05, 4.69) is 15.5 Å². The Kier molecular flexibility index (Phi) is 2.81. The van der Waals surface area contributed by atoms with Crippen molar-refractivity contribution in [3.8, 4) is 11.4 Å². The van der Waals surface area contributed by atoms with Crippen LogP contribution in [0.3, 0.4) is 0 Å². The number of aliphatic carboxylic acids is 1. The number of hydrogen-bond acceptors (Lipinski definition) is 4. The van der Waals surface area contributed by atoms with E-state index in [0.717, 1.165) is 17.5 Å². The molecule has 0 radical (unpaired) electrons. The Labute approximate surface area is 116 Å². The summed E-state index contributed by atoms with van der Waals surface area (Å²) in [7, 11) is 0. The highest BCUT2D eigenvalue weighted by molar-refractivity contribution is 5.78. The molecule has 3 rings (SSSR count). The molecular formula is C14H16N4O2. The van der Waals surface area contributed by atoms with Crippen LogP contribution in [0.5, 0.6) is 0 Å². The third-order valence-electron chi connectivity index (χ3n) is 4.22. The van der Waals surface area contributed by atoms with Gasteiger partial charge < -0.3 is 5.11 Å². The third kappa shape index (κ3) is 1.71. The highest BCUT2D eigenvalue weighted by atomic mass is 16.4. The molecule has 0 bridgehead atoms. The van der Waals surface area contributed by atoms with E-state index in [1.165, 1.54) is 10.2 Å². The zero-order valence-corrected chi connectivity index (χ0v) is 11.5. The van der Waals surface area contributed by atoms with Gasteiger partial charge in [0.2, 0.25) is 0 Å². The van der Waals surface area contributed by atoms with Crippen molar-refractivity contribution < 1.29 is 9.90 Å². The number of nitrogens with zero attached hydrogens (tertiary/aromatic N) is 4.